The molecule has 0 bridgehead atoms. The highest BCUT2D eigenvalue weighted by atomic mass is 16.6. The number of aryl methyl sites for hydroxylation is 2. The van der Waals surface area contributed by atoms with Crippen LogP contribution in [0, 0.1) is 0 Å². The molecular formula is C27H33N3O3. The molecule has 1 saturated heterocycles. The minimum absolute atomic E-state index is 0.121. The van der Waals surface area contributed by atoms with E-state index in [4.69, 9.17) is 9.47 Å². The molecular weight excluding hydrogens is 414 g/mol. The van der Waals surface area contributed by atoms with E-state index < -0.39 is 0 Å². The smallest absolute Gasteiger partial charge is 0.414 e. The molecule has 2 aromatic carbocycles. The minimum atomic E-state index is -0.256. The third-order valence-corrected chi connectivity index (χ3v) is 6.19. The average Bonchev–Trinajstić information content (AvgIpc) is 3.19. The van der Waals surface area contributed by atoms with Gasteiger partial charge in [0.15, 0.2) is 0 Å². The summed E-state index contributed by atoms with van der Waals surface area (Å²) in [6, 6.07) is 16.5. The number of carbonyl (C=O) groups is 1. The number of cyclic esters (lactones) is 1. The SMILES string of the molecule is CCCc1ccc(N2C[C@@H](CN(C)CCCc3cccc4ncc(OC)cc34)OC2=O)cc1. The first kappa shape index (κ1) is 23.1. The summed E-state index contributed by atoms with van der Waals surface area (Å²) < 4.78 is 11.0. The lowest BCUT2D eigenvalue weighted by Gasteiger charge is -2.20. The molecule has 3 aromatic rings. The van der Waals surface area contributed by atoms with Crippen molar-refractivity contribution in [3.63, 3.8) is 0 Å². The van der Waals surface area contributed by atoms with Crippen molar-refractivity contribution in [2.24, 2.45) is 0 Å². The van der Waals surface area contributed by atoms with Gasteiger partial charge in [-0.2, -0.15) is 0 Å². The van der Waals surface area contributed by atoms with Gasteiger partial charge >= 0.3 is 6.09 Å². The van der Waals surface area contributed by atoms with Crippen LogP contribution in [-0.4, -0.2) is 55.9 Å². The highest BCUT2D eigenvalue weighted by Crippen LogP contribution is 2.24. The van der Waals surface area contributed by atoms with Gasteiger partial charge in [-0.15, -0.1) is 0 Å². The number of likely N-dealkylation sites (N-methyl/N-ethyl adjacent to an activating group) is 1. The second-order valence-electron chi connectivity index (χ2n) is 8.76. The molecule has 1 amide bonds. The maximum absolute atomic E-state index is 12.4. The number of benzene rings is 2. The van der Waals surface area contributed by atoms with Crippen molar-refractivity contribution in [2.45, 2.75) is 38.7 Å². The Morgan fingerprint density at radius 1 is 1.18 bits per heavy atom. The van der Waals surface area contributed by atoms with E-state index in [2.05, 4.69) is 54.2 Å². The van der Waals surface area contributed by atoms with Crippen LogP contribution < -0.4 is 9.64 Å². The fourth-order valence-corrected chi connectivity index (χ4v) is 4.46. The third-order valence-electron chi connectivity index (χ3n) is 6.19. The summed E-state index contributed by atoms with van der Waals surface area (Å²) in [5.41, 5.74) is 4.47. The Labute approximate surface area is 196 Å². The number of nitrogens with zero attached hydrogens (tertiary/aromatic N) is 3. The van der Waals surface area contributed by atoms with Crippen molar-refractivity contribution in [2.75, 3.05) is 38.7 Å². The summed E-state index contributed by atoms with van der Waals surface area (Å²) >= 11 is 0. The lowest BCUT2D eigenvalue weighted by atomic mass is 10.0. The molecule has 4 rings (SSSR count). The van der Waals surface area contributed by atoms with E-state index in [0.717, 1.165) is 61.1 Å². The molecule has 0 aliphatic carbocycles. The van der Waals surface area contributed by atoms with Gasteiger partial charge in [0, 0.05) is 17.6 Å². The molecule has 1 aromatic heterocycles. The summed E-state index contributed by atoms with van der Waals surface area (Å²) in [5.74, 6) is 0.777. The summed E-state index contributed by atoms with van der Waals surface area (Å²) in [4.78, 5) is 20.9. The largest absolute Gasteiger partial charge is 0.495 e. The fraction of sp³-hybridized carbons (Fsp3) is 0.407. The fourth-order valence-electron chi connectivity index (χ4n) is 4.46. The Hall–Kier alpha value is -3.12. The van der Waals surface area contributed by atoms with Crippen molar-refractivity contribution >= 4 is 22.7 Å². The second kappa shape index (κ2) is 10.7. The quantitative estimate of drug-likeness (QED) is 0.434. The Morgan fingerprint density at radius 3 is 2.76 bits per heavy atom. The van der Waals surface area contributed by atoms with Crippen LogP contribution in [0.2, 0.25) is 0 Å². The zero-order valence-corrected chi connectivity index (χ0v) is 19.8. The van der Waals surface area contributed by atoms with E-state index in [1.807, 2.05) is 18.2 Å². The molecule has 174 valence electrons. The average molecular weight is 448 g/mol. The van der Waals surface area contributed by atoms with Gasteiger partial charge in [-0.3, -0.25) is 9.88 Å². The van der Waals surface area contributed by atoms with Crippen LogP contribution in [0.25, 0.3) is 10.9 Å². The number of hydrogen-bond acceptors (Lipinski definition) is 5. The van der Waals surface area contributed by atoms with Crippen LogP contribution in [0.3, 0.4) is 0 Å². The molecule has 1 aliphatic heterocycles. The van der Waals surface area contributed by atoms with Crippen LogP contribution in [0.4, 0.5) is 10.5 Å². The van der Waals surface area contributed by atoms with Gasteiger partial charge in [-0.25, -0.2) is 4.79 Å². The molecule has 0 N–H and O–H groups in total. The van der Waals surface area contributed by atoms with Crippen LogP contribution in [0.1, 0.15) is 30.9 Å². The number of pyridine rings is 1. The normalized spacial score (nSPS) is 15.9. The van der Waals surface area contributed by atoms with Gasteiger partial charge in [-0.1, -0.05) is 37.6 Å². The predicted octanol–water partition coefficient (Wildman–Crippen LogP) is 5.09. The van der Waals surface area contributed by atoms with Crippen molar-refractivity contribution in [1.29, 1.82) is 0 Å². The van der Waals surface area contributed by atoms with Crippen molar-refractivity contribution in [3.8, 4) is 5.75 Å². The van der Waals surface area contributed by atoms with E-state index in [9.17, 15) is 4.79 Å². The maximum Gasteiger partial charge on any atom is 0.414 e. The zero-order valence-electron chi connectivity index (χ0n) is 19.8. The number of carbonyl (C=O) groups excluding carboxylic acids is 1. The van der Waals surface area contributed by atoms with Crippen LogP contribution in [0.5, 0.6) is 5.75 Å². The van der Waals surface area contributed by atoms with Crippen molar-refractivity contribution < 1.29 is 14.3 Å². The summed E-state index contributed by atoms with van der Waals surface area (Å²) in [6.07, 6.45) is 5.52. The number of methoxy groups -OCH3 is 1. The number of fused-ring (bicyclic) bond motifs is 1. The molecule has 1 fully saturated rings. The minimum Gasteiger partial charge on any atom is -0.495 e. The summed E-state index contributed by atoms with van der Waals surface area (Å²) in [7, 11) is 3.75. The van der Waals surface area contributed by atoms with E-state index in [1.165, 1.54) is 11.1 Å². The second-order valence-corrected chi connectivity index (χ2v) is 8.76. The monoisotopic (exact) mass is 447 g/mol. The summed E-state index contributed by atoms with van der Waals surface area (Å²) in [6.45, 7) is 4.41. The van der Waals surface area contributed by atoms with Crippen LogP contribution in [-0.2, 0) is 17.6 Å². The first-order valence-corrected chi connectivity index (χ1v) is 11.7. The Bertz CT molecular complexity index is 1080. The third kappa shape index (κ3) is 5.63. The highest BCUT2D eigenvalue weighted by Gasteiger charge is 2.32. The molecule has 6 nitrogen and oxygen atoms in total. The number of anilines is 1. The predicted molar refractivity (Wildman–Crippen MR) is 132 cm³/mol. The molecule has 0 radical (unpaired) electrons. The van der Waals surface area contributed by atoms with Gasteiger partial charge in [0.25, 0.3) is 0 Å². The Balaban J connectivity index is 1.28. The van der Waals surface area contributed by atoms with Gasteiger partial charge in [0.05, 0.1) is 25.4 Å². The molecule has 6 heteroatoms. The topological polar surface area (TPSA) is 54.9 Å². The van der Waals surface area contributed by atoms with Crippen LogP contribution >= 0.6 is 0 Å². The first-order valence-electron chi connectivity index (χ1n) is 11.7. The van der Waals surface area contributed by atoms with Gasteiger partial charge in [0.2, 0.25) is 0 Å². The zero-order chi connectivity index (χ0) is 23.2. The molecule has 1 aliphatic rings. The highest BCUT2D eigenvalue weighted by molar-refractivity contribution is 5.89. The molecule has 33 heavy (non-hydrogen) atoms. The molecule has 0 spiro atoms. The van der Waals surface area contributed by atoms with Crippen molar-refractivity contribution in [1.82, 2.24) is 9.88 Å². The molecule has 2 heterocycles. The Morgan fingerprint density at radius 2 is 2.00 bits per heavy atom. The number of aromatic nitrogens is 1. The standard InChI is InChI=1S/C27H33N3O3/c1-4-7-20-11-13-22(14-12-20)30-19-24(33-27(30)31)18-29(2)15-6-9-21-8-5-10-26-25(21)16-23(32-3)17-28-26/h5,8,10-14,16-17,24H,4,6-7,9,15,18-19H2,1-3H3/t24-/m1/s1. The van der Waals surface area contributed by atoms with Crippen LogP contribution in [0.15, 0.2) is 54.7 Å². The molecule has 0 unspecified atom stereocenters. The maximum atomic E-state index is 12.4. The first-order chi connectivity index (χ1) is 16.1. The molecule has 1 atom stereocenters. The van der Waals surface area contributed by atoms with Gasteiger partial charge in [-0.05, 0) is 68.2 Å². The number of hydrogen-bond donors (Lipinski definition) is 0. The van der Waals surface area contributed by atoms with E-state index >= 15 is 0 Å². The summed E-state index contributed by atoms with van der Waals surface area (Å²) in [5, 5.41) is 1.14. The number of amides is 1. The van der Waals surface area contributed by atoms with E-state index in [1.54, 1.807) is 18.2 Å². The van der Waals surface area contributed by atoms with Crippen molar-refractivity contribution in [3.05, 3.63) is 65.9 Å². The van der Waals surface area contributed by atoms with E-state index in [-0.39, 0.29) is 12.2 Å². The van der Waals surface area contributed by atoms with Gasteiger partial charge in [0.1, 0.15) is 11.9 Å². The van der Waals surface area contributed by atoms with E-state index in [0.29, 0.717) is 6.54 Å². The number of rotatable bonds is 10. The number of ether oxygens (including phenoxy) is 2. The van der Waals surface area contributed by atoms with Gasteiger partial charge < -0.3 is 14.4 Å². The Kier molecular flexibility index (Phi) is 7.45. The molecule has 0 saturated carbocycles. The lowest BCUT2D eigenvalue weighted by Crippen LogP contribution is -2.33. The lowest BCUT2D eigenvalue weighted by molar-refractivity contribution is 0.117.